The van der Waals surface area contributed by atoms with Gasteiger partial charge in [0.1, 0.15) is 18.0 Å². The monoisotopic (exact) mass is 230 g/mol. The molecule has 0 heterocycles. The zero-order chi connectivity index (χ0) is 11.5. The second-order valence-electron chi connectivity index (χ2n) is 3.04. The maximum atomic E-state index is 10.3. The van der Waals surface area contributed by atoms with Gasteiger partial charge in [-0.25, -0.2) is 0 Å². The van der Waals surface area contributed by atoms with Crippen LogP contribution in [0.2, 0.25) is 0 Å². The van der Waals surface area contributed by atoms with Crippen LogP contribution < -0.4 is 0 Å². The lowest BCUT2D eigenvalue weighted by atomic mass is 10.1. The van der Waals surface area contributed by atoms with Crippen LogP contribution in [0.3, 0.4) is 0 Å². The van der Waals surface area contributed by atoms with Crippen LogP contribution >= 0.6 is 0 Å². The second kappa shape index (κ2) is 5.01. The third-order valence-corrected chi connectivity index (χ3v) is 2.38. The average molecular weight is 230 g/mol. The molecule has 0 saturated heterocycles. The molecule has 8 heteroatoms. The highest BCUT2D eigenvalue weighted by Crippen LogP contribution is 2.06. The van der Waals surface area contributed by atoms with Gasteiger partial charge in [-0.1, -0.05) is 0 Å². The van der Waals surface area contributed by atoms with Crippen molar-refractivity contribution < 1.29 is 33.4 Å². The van der Waals surface area contributed by atoms with E-state index in [9.17, 15) is 8.42 Å². The minimum atomic E-state index is -4.43. The Labute approximate surface area is 81.4 Å². The van der Waals surface area contributed by atoms with E-state index in [0.717, 1.165) is 6.92 Å². The molecule has 14 heavy (non-hydrogen) atoms. The molecule has 0 aromatic heterocycles. The summed E-state index contributed by atoms with van der Waals surface area (Å²) in [5.41, 5.74) is 0. The summed E-state index contributed by atoms with van der Waals surface area (Å²) >= 11 is 0. The van der Waals surface area contributed by atoms with E-state index in [-0.39, 0.29) is 0 Å². The highest BCUT2D eigenvalue weighted by atomic mass is 32.2. The van der Waals surface area contributed by atoms with Crippen molar-refractivity contribution in [2.24, 2.45) is 0 Å². The van der Waals surface area contributed by atoms with Crippen LogP contribution in [0.5, 0.6) is 0 Å². The summed E-state index contributed by atoms with van der Waals surface area (Å²) in [5.74, 6) is -1.10. The number of hydrogen-bond donors (Lipinski definition) is 5. The number of aliphatic hydroxyl groups excluding tert-OH is 4. The predicted octanol–water partition coefficient (Wildman–Crippen LogP) is -2.66. The van der Waals surface area contributed by atoms with Crippen molar-refractivity contribution in [3.05, 3.63) is 0 Å². The van der Waals surface area contributed by atoms with Crippen molar-refractivity contribution >= 4 is 10.1 Å². The Bertz CT molecular complexity index is 259. The third kappa shape index (κ3) is 4.84. The smallest absolute Gasteiger partial charge is 0.267 e. The van der Waals surface area contributed by atoms with E-state index in [1.54, 1.807) is 0 Å². The van der Waals surface area contributed by atoms with E-state index < -0.39 is 40.3 Å². The molecule has 0 saturated carbocycles. The molecule has 0 rings (SSSR count). The second-order valence-corrected chi connectivity index (χ2v) is 4.53. The van der Waals surface area contributed by atoms with Gasteiger partial charge in [0.05, 0.1) is 12.2 Å². The van der Waals surface area contributed by atoms with Gasteiger partial charge in [-0.15, -0.1) is 0 Å². The zero-order valence-electron chi connectivity index (χ0n) is 7.48. The molecule has 0 fully saturated rings. The first kappa shape index (κ1) is 13.8. The summed E-state index contributed by atoms with van der Waals surface area (Å²) in [4.78, 5) is 0. The molecule has 0 bridgehead atoms. The molecule has 0 aliphatic carbocycles. The topological polar surface area (TPSA) is 135 Å². The average Bonchev–Trinajstić information content (AvgIpc) is 1.98. The van der Waals surface area contributed by atoms with Crippen LogP contribution in [0.15, 0.2) is 0 Å². The molecule has 0 aromatic carbocycles. The fraction of sp³-hybridized carbons (Fsp3) is 1.00. The first-order valence-electron chi connectivity index (χ1n) is 3.82. The van der Waals surface area contributed by atoms with E-state index in [1.807, 2.05) is 0 Å². The molecular formula is C6H14O7S. The Morgan fingerprint density at radius 1 is 1.07 bits per heavy atom. The van der Waals surface area contributed by atoms with Gasteiger partial charge in [-0.05, 0) is 6.92 Å². The van der Waals surface area contributed by atoms with Crippen LogP contribution in [0.4, 0.5) is 0 Å². The molecule has 5 N–H and O–H groups in total. The Hall–Kier alpha value is -0.250. The molecular weight excluding hydrogens is 216 g/mol. The Morgan fingerprint density at radius 3 is 1.79 bits per heavy atom. The van der Waals surface area contributed by atoms with Crippen LogP contribution in [0, 0.1) is 0 Å². The summed E-state index contributed by atoms with van der Waals surface area (Å²) in [6, 6.07) is 0. The SMILES string of the molecule is CC(O)C(O)C(O)C(O)CS(=O)(=O)O. The number of hydrogen-bond acceptors (Lipinski definition) is 6. The fourth-order valence-electron chi connectivity index (χ4n) is 0.827. The van der Waals surface area contributed by atoms with E-state index in [2.05, 4.69) is 0 Å². The summed E-state index contributed by atoms with van der Waals surface area (Å²) in [6.07, 6.45) is -6.68. The van der Waals surface area contributed by atoms with E-state index in [4.69, 9.17) is 25.0 Å². The zero-order valence-corrected chi connectivity index (χ0v) is 8.29. The Morgan fingerprint density at radius 2 is 1.50 bits per heavy atom. The largest absolute Gasteiger partial charge is 0.391 e. The van der Waals surface area contributed by atoms with Gasteiger partial charge < -0.3 is 20.4 Å². The number of aliphatic hydroxyl groups is 4. The Balaban J connectivity index is 4.33. The molecule has 7 nitrogen and oxygen atoms in total. The first-order chi connectivity index (χ1) is 6.15. The lowest BCUT2D eigenvalue weighted by Gasteiger charge is -2.23. The molecule has 0 aliphatic heterocycles. The van der Waals surface area contributed by atoms with Gasteiger partial charge in [0, 0.05) is 0 Å². The van der Waals surface area contributed by atoms with Crippen molar-refractivity contribution in [2.45, 2.75) is 31.3 Å². The van der Waals surface area contributed by atoms with Crippen molar-refractivity contribution in [2.75, 3.05) is 5.75 Å². The molecule has 0 aromatic rings. The highest BCUT2D eigenvalue weighted by Gasteiger charge is 2.30. The molecule has 0 spiro atoms. The lowest BCUT2D eigenvalue weighted by molar-refractivity contribution is -0.0940. The standard InChI is InChI=1S/C6H14O7S/c1-3(7)5(9)6(10)4(8)2-14(11,12)13/h3-10H,2H2,1H3,(H,11,12,13). The van der Waals surface area contributed by atoms with Crippen LogP contribution in [0.25, 0.3) is 0 Å². The van der Waals surface area contributed by atoms with E-state index in [0.29, 0.717) is 0 Å². The molecule has 0 radical (unpaired) electrons. The van der Waals surface area contributed by atoms with E-state index in [1.165, 1.54) is 0 Å². The third-order valence-electron chi connectivity index (χ3n) is 1.62. The van der Waals surface area contributed by atoms with Gasteiger partial charge in [0.25, 0.3) is 10.1 Å². The van der Waals surface area contributed by atoms with Crippen molar-refractivity contribution in [3.63, 3.8) is 0 Å². The summed E-state index contributed by atoms with van der Waals surface area (Å²) in [5, 5.41) is 35.9. The minimum Gasteiger partial charge on any atom is -0.391 e. The lowest BCUT2D eigenvalue weighted by Crippen LogP contribution is -2.45. The highest BCUT2D eigenvalue weighted by molar-refractivity contribution is 7.85. The molecule has 0 amide bonds. The van der Waals surface area contributed by atoms with Gasteiger partial charge >= 0.3 is 0 Å². The quantitative estimate of drug-likeness (QED) is 0.325. The van der Waals surface area contributed by atoms with Crippen molar-refractivity contribution in [3.8, 4) is 0 Å². The summed E-state index contributed by atoms with van der Waals surface area (Å²) < 4.78 is 28.9. The van der Waals surface area contributed by atoms with Crippen molar-refractivity contribution in [1.82, 2.24) is 0 Å². The van der Waals surface area contributed by atoms with Gasteiger partial charge in [-0.2, -0.15) is 8.42 Å². The molecule has 0 aliphatic rings. The van der Waals surface area contributed by atoms with Gasteiger partial charge in [-0.3, -0.25) is 4.55 Å². The van der Waals surface area contributed by atoms with Crippen LogP contribution in [-0.4, -0.2) is 63.6 Å². The fourth-order valence-corrected chi connectivity index (χ4v) is 1.46. The first-order valence-corrected chi connectivity index (χ1v) is 5.43. The predicted molar refractivity (Wildman–Crippen MR) is 46.1 cm³/mol. The van der Waals surface area contributed by atoms with Crippen molar-refractivity contribution in [1.29, 1.82) is 0 Å². The molecule has 86 valence electrons. The maximum Gasteiger partial charge on any atom is 0.267 e. The normalized spacial score (nSPS) is 21.3. The summed E-state index contributed by atoms with van der Waals surface area (Å²) in [7, 11) is -4.43. The van der Waals surface area contributed by atoms with Gasteiger partial charge in [0.15, 0.2) is 0 Å². The van der Waals surface area contributed by atoms with Gasteiger partial charge in [0.2, 0.25) is 0 Å². The number of rotatable bonds is 5. The Kier molecular flexibility index (Phi) is 4.92. The minimum absolute atomic E-state index is 1.10. The molecule has 4 unspecified atom stereocenters. The van der Waals surface area contributed by atoms with E-state index >= 15 is 0 Å². The maximum absolute atomic E-state index is 10.3. The van der Waals surface area contributed by atoms with Crippen LogP contribution in [-0.2, 0) is 10.1 Å². The summed E-state index contributed by atoms with van der Waals surface area (Å²) in [6.45, 7) is 1.16. The van der Waals surface area contributed by atoms with Crippen LogP contribution in [0.1, 0.15) is 6.92 Å². The molecule has 4 atom stereocenters.